The van der Waals surface area contributed by atoms with Gasteiger partial charge < -0.3 is 9.84 Å². The summed E-state index contributed by atoms with van der Waals surface area (Å²) < 4.78 is 43.1. The zero-order valence-electron chi connectivity index (χ0n) is 11.3. The van der Waals surface area contributed by atoms with E-state index in [1.165, 1.54) is 0 Å². The summed E-state index contributed by atoms with van der Waals surface area (Å²) >= 11 is 0. The highest BCUT2D eigenvalue weighted by atomic mass is 19.4. The predicted octanol–water partition coefficient (Wildman–Crippen LogP) is 2.50. The Hall–Kier alpha value is -1.76. The van der Waals surface area contributed by atoms with Crippen molar-refractivity contribution in [3.05, 3.63) is 29.8 Å². The summed E-state index contributed by atoms with van der Waals surface area (Å²) in [6, 6.07) is 7.18. The molecule has 0 radical (unpaired) electrons. The number of halogens is 3. The maximum atomic E-state index is 12.5. The summed E-state index contributed by atoms with van der Waals surface area (Å²) in [5.41, 5.74) is 0.835. The third kappa shape index (κ3) is 4.63. The van der Waals surface area contributed by atoms with Crippen LogP contribution in [-0.2, 0) is 4.79 Å². The second kappa shape index (κ2) is 6.34. The van der Waals surface area contributed by atoms with Crippen molar-refractivity contribution >= 4 is 5.97 Å². The summed E-state index contributed by atoms with van der Waals surface area (Å²) in [5.74, 6) is -0.757. The molecule has 1 heterocycles. The van der Waals surface area contributed by atoms with Gasteiger partial charge in [-0.15, -0.1) is 0 Å². The number of nitrogens with zero attached hydrogens (tertiary/aromatic N) is 1. The highest BCUT2D eigenvalue weighted by molar-refractivity contribution is 5.69. The molecule has 1 atom stereocenters. The molecule has 0 aromatic heterocycles. The minimum absolute atomic E-state index is 0.0478. The maximum Gasteiger partial charge on any atom is 0.401 e. The van der Waals surface area contributed by atoms with Crippen LogP contribution < -0.4 is 4.74 Å². The summed E-state index contributed by atoms with van der Waals surface area (Å²) in [4.78, 5) is 11.7. The highest BCUT2D eigenvalue weighted by Gasteiger charge is 2.33. The Morgan fingerprint density at radius 3 is 2.76 bits per heavy atom. The summed E-state index contributed by atoms with van der Waals surface area (Å²) in [6.45, 7) is -1.38. The Balaban J connectivity index is 2.11. The molecule has 1 aliphatic heterocycles. The topological polar surface area (TPSA) is 49.8 Å². The molecule has 1 aromatic rings. The quantitative estimate of drug-likeness (QED) is 0.908. The number of para-hydroxylation sites is 1. The van der Waals surface area contributed by atoms with Gasteiger partial charge in [0.1, 0.15) is 5.75 Å². The number of ether oxygens (including phenoxy) is 1. The van der Waals surface area contributed by atoms with E-state index in [1.807, 2.05) is 6.07 Å². The van der Waals surface area contributed by atoms with Crippen LogP contribution >= 0.6 is 0 Å². The first-order chi connectivity index (χ1) is 9.85. The summed E-state index contributed by atoms with van der Waals surface area (Å²) in [6.07, 6.45) is -3.84. The Morgan fingerprint density at radius 1 is 1.38 bits per heavy atom. The molecule has 1 N–H and O–H groups in total. The average Bonchev–Trinajstić information content (AvgIpc) is 2.36. The molecular formula is C14H16F3NO3. The van der Waals surface area contributed by atoms with Gasteiger partial charge in [0.25, 0.3) is 0 Å². The fourth-order valence-corrected chi connectivity index (χ4v) is 2.55. The zero-order valence-corrected chi connectivity index (χ0v) is 11.3. The van der Waals surface area contributed by atoms with Crippen LogP contribution in [-0.4, -0.2) is 48.4 Å². The van der Waals surface area contributed by atoms with Crippen LogP contribution in [0.4, 0.5) is 13.2 Å². The molecule has 0 aliphatic carbocycles. The highest BCUT2D eigenvalue weighted by Crippen LogP contribution is 2.34. The largest absolute Gasteiger partial charge is 0.493 e. The number of carboxylic acids is 1. The van der Waals surface area contributed by atoms with Gasteiger partial charge in [0, 0.05) is 12.5 Å². The molecule has 7 heteroatoms. The minimum Gasteiger partial charge on any atom is -0.493 e. The number of rotatable bonds is 5. The fraction of sp³-hybridized carbons (Fsp3) is 0.500. The van der Waals surface area contributed by atoms with Crippen molar-refractivity contribution < 1.29 is 27.8 Å². The van der Waals surface area contributed by atoms with E-state index in [4.69, 9.17) is 9.84 Å². The number of aliphatic carboxylic acids is 1. The number of fused-ring (bicyclic) bond motifs is 1. The van der Waals surface area contributed by atoms with Crippen LogP contribution in [0.5, 0.6) is 5.75 Å². The summed E-state index contributed by atoms with van der Waals surface area (Å²) in [7, 11) is 0. The fourth-order valence-electron chi connectivity index (χ4n) is 2.55. The number of hydrogen-bond donors (Lipinski definition) is 1. The van der Waals surface area contributed by atoms with Gasteiger partial charge in [0.05, 0.1) is 19.7 Å². The van der Waals surface area contributed by atoms with E-state index in [0.29, 0.717) is 18.8 Å². The van der Waals surface area contributed by atoms with Crippen LogP contribution in [0, 0.1) is 0 Å². The van der Waals surface area contributed by atoms with Gasteiger partial charge >= 0.3 is 12.1 Å². The molecule has 1 aliphatic rings. The minimum atomic E-state index is -4.42. The number of carboxylic acid groups (broad SMARTS) is 1. The number of alkyl halides is 3. The van der Waals surface area contributed by atoms with E-state index in [9.17, 15) is 18.0 Å². The van der Waals surface area contributed by atoms with Crippen LogP contribution in [0.3, 0.4) is 0 Å². The first kappa shape index (κ1) is 15.6. The Labute approximate surface area is 120 Å². The molecule has 4 nitrogen and oxygen atoms in total. The third-order valence-corrected chi connectivity index (χ3v) is 3.32. The van der Waals surface area contributed by atoms with Gasteiger partial charge in [-0.1, -0.05) is 18.2 Å². The van der Waals surface area contributed by atoms with E-state index in [2.05, 4.69) is 0 Å². The molecule has 0 spiro atoms. The SMILES string of the molecule is O=C(O)CN(CC1CCOc2ccccc21)CC(F)(F)F. The van der Waals surface area contributed by atoms with Crippen LogP contribution in [0.25, 0.3) is 0 Å². The maximum absolute atomic E-state index is 12.5. The van der Waals surface area contributed by atoms with E-state index >= 15 is 0 Å². The second-order valence-electron chi connectivity index (χ2n) is 5.05. The Bertz CT molecular complexity index is 504. The monoisotopic (exact) mass is 303 g/mol. The molecule has 0 bridgehead atoms. The van der Waals surface area contributed by atoms with E-state index in [-0.39, 0.29) is 12.5 Å². The van der Waals surface area contributed by atoms with E-state index < -0.39 is 25.2 Å². The molecule has 21 heavy (non-hydrogen) atoms. The van der Waals surface area contributed by atoms with Crippen molar-refractivity contribution in [3.8, 4) is 5.75 Å². The normalized spacial score (nSPS) is 18.2. The second-order valence-corrected chi connectivity index (χ2v) is 5.05. The molecule has 116 valence electrons. The van der Waals surface area contributed by atoms with Crippen LogP contribution in [0.2, 0.25) is 0 Å². The van der Waals surface area contributed by atoms with Gasteiger partial charge in [-0.05, 0) is 18.1 Å². The smallest absolute Gasteiger partial charge is 0.401 e. The lowest BCUT2D eigenvalue weighted by atomic mass is 9.92. The van der Waals surface area contributed by atoms with Gasteiger partial charge in [-0.2, -0.15) is 13.2 Å². The van der Waals surface area contributed by atoms with Crippen molar-refractivity contribution in [2.24, 2.45) is 0 Å². The van der Waals surface area contributed by atoms with Gasteiger partial charge in [0.15, 0.2) is 0 Å². The van der Waals surface area contributed by atoms with E-state index in [1.54, 1.807) is 18.2 Å². The molecule has 0 saturated carbocycles. The zero-order chi connectivity index (χ0) is 15.5. The Morgan fingerprint density at radius 2 is 2.10 bits per heavy atom. The van der Waals surface area contributed by atoms with Crippen molar-refractivity contribution in [3.63, 3.8) is 0 Å². The summed E-state index contributed by atoms with van der Waals surface area (Å²) in [5, 5.41) is 8.77. The molecule has 0 amide bonds. The molecular weight excluding hydrogens is 287 g/mol. The third-order valence-electron chi connectivity index (χ3n) is 3.32. The first-order valence-electron chi connectivity index (χ1n) is 6.58. The van der Waals surface area contributed by atoms with E-state index in [0.717, 1.165) is 10.5 Å². The molecule has 1 aromatic carbocycles. The lowest BCUT2D eigenvalue weighted by Gasteiger charge is -2.31. The van der Waals surface area contributed by atoms with Crippen molar-refractivity contribution in [1.29, 1.82) is 0 Å². The van der Waals surface area contributed by atoms with Gasteiger partial charge in [0.2, 0.25) is 0 Å². The van der Waals surface area contributed by atoms with Crippen LogP contribution in [0.15, 0.2) is 24.3 Å². The standard InChI is InChI=1S/C14H16F3NO3/c15-14(16,17)9-18(8-13(19)20)7-10-5-6-21-12-4-2-1-3-11(10)12/h1-4,10H,5-9H2,(H,19,20). The lowest BCUT2D eigenvalue weighted by Crippen LogP contribution is -2.41. The molecule has 0 fully saturated rings. The first-order valence-corrected chi connectivity index (χ1v) is 6.58. The number of carbonyl (C=O) groups is 1. The molecule has 0 saturated heterocycles. The lowest BCUT2D eigenvalue weighted by molar-refractivity contribution is -0.154. The van der Waals surface area contributed by atoms with Crippen molar-refractivity contribution in [2.75, 3.05) is 26.2 Å². The molecule has 1 unspecified atom stereocenters. The van der Waals surface area contributed by atoms with Gasteiger partial charge in [-0.3, -0.25) is 9.69 Å². The van der Waals surface area contributed by atoms with Gasteiger partial charge in [-0.25, -0.2) is 0 Å². The predicted molar refractivity (Wildman–Crippen MR) is 69.4 cm³/mol. The number of hydrogen-bond acceptors (Lipinski definition) is 3. The van der Waals surface area contributed by atoms with Crippen molar-refractivity contribution in [1.82, 2.24) is 4.90 Å². The van der Waals surface area contributed by atoms with Crippen molar-refractivity contribution in [2.45, 2.75) is 18.5 Å². The Kier molecular flexibility index (Phi) is 4.72. The average molecular weight is 303 g/mol. The van der Waals surface area contributed by atoms with Crippen LogP contribution in [0.1, 0.15) is 17.9 Å². The number of benzene rings is 1. The molecule has 2 rings (SSSR count).